The second kappa shape index (κ2) is 8.14. The number of nitrogens with one attached hydrogen (secondary N) is 2. The Hall–Kier alpha value is -2.41. The molecule has 0 saturated heterocycles. The third-order valence-corrected chi connectivity index (χ3v) is 3.12. The van der Waals surface area contributed by atoms with Gasteiger partial charge in [-0.15, -0.1) is 0 Å². The van der Waals surface area contributed by atoms with E-state index in [1.807, 2.05) is 37.3 Å². The molecule has 0 aliphatic rings. The van der Waals surface area contributed by atoms with Gasteiger partial charge in [0.25, 0.3) is 0 Å². The number of rotatable bonds is 7. The zero-order valence-electron chi connectivity index (χ0n) is 12.5. The first kappa shape index (κ1) is 16.0. The Kier molecular flexibility index (Phi) is 5.91. The number of carbonyl (C=O) groups excluding carboxylic acids is 1. The molecule has 0 spiro atoms. The molecule has 0 aliphatic carbocycles. The van der Waals surface area contributed by atoms with E-state index in [1.165, 1.54) is 6.33 Å². The van der Waals surface area contributed by atoms with Crippen molar-refractivity contribution in [3.05, 3.63) is 48.5 Å². The molecular weight excluding hydrogens is 282 g/mol. The molecular formula is C15H21N5O2. The Morgan fingerprint density at radius 3 is 2.82 bits per heavy atom. The summed E-state index contributed by atoms with van der Waals surface area (Å²) in [6, 6.07) is 9.28. The molecule has 0 aliphatic heterocycles. The highest BCUT2D eigenvalue weighted by molar-refractivity contribution is 5.74. The van der Waals surface area contributed by atoms with E-state index >= 15 is 0 Å². The normalized spacial score (nSPS) is 13.4. The van der Waals surface area contributed by atoms with Gasteiger partial charge in [0.1, 0.15) is 12.7 Å². The fourth-order valence-electron chi connectivity index (χ4n) is 2.10. The van der Waals surface area contributed by atoms with Crippen LogP contribution in [0.5, 0.6) is 0 Å². The number of aliphatic hydroxyl groups excluding tert-OH is 1. The Balaban J connectivity index is 1.66. The molecule has 0 radical (unpaired) electrons. The topological polar surface area (TPSA) is 92.1 Å². The first-order valence-electron chi connectivity index (χ1n) is 7.22. The predicted octanol–water partition coefficient (Wildman–Crippen LogP) is 0.569. The van der Waals surface area contributed by atoms with Crippen LogP contribution in [0.1, 0.15) is 12.5 Å². The smallest absolute Gasteiger partial charge is 0.315 e. The van der Waals surface area contributed by atoms with E-state index < -0.39 is 6.10 Å². The van der Waals surface area contributed by atoms with E-state index in [0.29, 0.717) is 13.0 Å². The van der Waals surface area contributed by atoms with Gasteiger partial charge in [-0.2, -0.15) is 5.10 Å². The van der Waals surface area contributed by atoms with Crippen molar-refractivity contribution in [2.24, 2.45) is 0 Å². The molecule has 7 nitrogen and oxygen atoms in total. The number of aromatic nitrogens is 3. The van der Waals surface area contributed by atoms with Crippen LogP contribution in [-0.2, 0) is 13.0 Å². The number of urea groups is 1. The first-order valence-corrected chi connectivity index (χ1v) is 7.22. The molecule has 0 saturated carbocycles. The summed E-state index contributed by atoms with van der Waals surface area (Å²) in [5, 5.41) is 19.4. The van der Waals surface area contributed by atoms with Gasteiger partial charge in [-0.25, -0.2) is 9.78 Å². The lowest BCUT2D eigenvalue weighted by molar-refractivity contribution is 0.170. The van der Waals surface area contributed by atoms with Crippen LogP contribution in [0.3, 0.4) is 0 Å². The maximum absolute atomic E-state index is 11.8. The van der Waals surface area contributed by atoms with Crippen molar-refractivity contribution in [1.29, 1.82) is 0 Å². The van der Waals surface area contributed by atoms with Crippen LogP contribution in [0.25, 0.3) is 0 Å². The average Bonchev–Trinajstić information content (AvgIpc) is 2.99. The van der Waals surface area contributed by atoms with E-state index in [2.05, 4.69) is 20.7 Å². The van der Waals surface area contributed by atoms with Gasteiger partial charge in [-0.1, -0.05) is 30.3 Å². The highest BCUT2D eigenvalue weighted by Gasteiger charge is 2.10. The van der Waals surface area contributed by atoms with Crippen molar-refractivity contribution in [3.63, 3.8) is 0 Å². The largest absolute Gasteiger partial charge is 0.391 e. The molecule has 1 heterocycles. The standard InChI is InChI=1S/C15H21N5O2/c1-12(9-20-11-16-10-18-20)19-15(22)17-8-14(21)7-13-5-3-2-4-6-13/h2-6,10-12,14,21H,7-9H2,1H3,(H2,17,19,22). The van der Waals surface area contributed by atoms with Gasteiger partial charge in [0.05, 0.1) is 12.6 Å². The first-order chi connectivity index (χ1) is 10.6. The number of nitrogens with zero attached hydrogens (tertiary/aromatic N) is 3. The van der Waals surface area contributed by atoms with E-state index in [-0.39, 0.29) is 18.6 Å². The fourth-order valence-corrected chi connectivity index (χ4v) is 2.10. The van der Waals surface area contributed by atoms with Crippen molar-refractivity contribution in [3.8, 4) is 0 Å². The lowest BCUT2D eigenvalue weighted by Crippen LogP contribution is -2.45. The minimum Gasteiger partial charge on any atom is -0.391 e. The Morgan fingerprint density at radius 2 is 2.14 bits per heavy atom. The van der Waals surface area contributed by atoms with Crippen molar-refractivity contribution < 1.29 is 9.90 Å². The summed E-state index contributed by atoms with van der Waals surface area (Å²) in [5.41, 5.74) is 1.04. The van der Waals surface area contributed by atoms with E-state index in [9.17, 15) is 9.90 Å². The number of benzene rings is 1. The summed E-state index contributed by atoms with van der Waals surface area (Å²) in [4.78, 5) is 15.6. The molecule has 2 rings (SSSR count). The van der Waals surface area contributed by atoms with Crippen LogP contribution in [0.4, 0.5) is 4.79 Å². The summed E-state index contributed by atoms with van der Waals surface area (Å²) in [6.07, 6.45) is 2.95. The van der Waals surface area contributed by atoms with E-state index in [0.717, 1.165) is 5.56 Å². The van der Waals surface area contributed by atoms with Crippen LogP contribution in [-0.4, -0.2) is 44.6 Å². The second-order valence-electron chi connectivity index (χ2n) is 5.22. The van der Waals surface area contributed by atoms with Crippen molar-refractivity contribution in [2.45, 2.75) is 32.0 Å². The van der Waals surface area contributed by atoms with Crippen molar-refractivity contribution >= 4 is 6.03 Å². The molecule has 2 amide bonds. The maximum atomic E-state index is 11.8. The summed E-state index contributed by atoms with van der Waals surface area (Å²) < 4.78 is 1.65. The number of carbonyl (C=O) groups is 1. The Bertz CT molecular complexity index is 559. The number of hydrogen-bond donors (Lipinski definition) is 3. The van der Waals surface area contributed by atoms with Crippen molar-refractivity contribution in [2.75, 3.05) is 6.54 Å². The Morgan fingerprint density at radius 1 is 1.36 bits per heavy atom. The molecule has 0 bridgehead atoms. The summed E-state index contributed by atoms with van der Waals surface area (Å²) in [5.74, 6) is 0. The lowest BCUT2D eigenvalue weighted by atomic mass is 10.1. The lowest BCUT2D eigenvalue weighted by Gasteiger charge is -2.16. The predicted molar refractivity (Wildman–Crippen MR) is 82.2 cm³/mol. The van der Waals surface area contributed by atoms with Gasteiger partial charge in [0, 0.05) is 19.0 Å². The van der Waals surface area contributed by atoms with Crippen LogP contribution in [0, 0.1) is 0 Å². The van der Waals surface area contributed by atoms with Gasteiger partial charge in [-0.05, 0) is 12.5 Å². The minimum absolute atomic E-state index is 0.0898. The summed E-state index contributed by atoms with van der Waals surface area (Å²) >= 11 is 0. The van der Waals surface area contributed by atoms with Gasteiger partial charge >= 0.3 is 6.03 Å². The minimum atomic E-state index is -0.612. The fraction of sp³-hybridized carbons (Fsp3) is 0.400. The summed E-state index contributed by atoms with van der Waals surface area (Å²) in [7, 11) is 0. The third-order valence-electron chi connectivity index (χ3n) is 3.12. The zero-order chi connectivity index (χ0) is 15.8. The maximum Gasteiger partial charge on any atom is 0.315 e. The number of amides is 2. The van der Waals surface area contributed by atoms with Crippen LogP contribution < -0.4 is 10.6 Å². The number of hydrogen-bond acceptors (Lipinski definition) is 4. The van der Waals surface area contributed by atoms with Gasteiger partial charge in [-0.3, -0.25) is 4.68 Å². The molecule has 22 heavy (non-hydrogen) atoms. The summed E-state index contributed by atoms with van der Waals surface area (Å²) in [6.45, 7) is 2.62. The number of aliphatic hydroxyl groups is 1. The SMILES string of the molecule is CC(Cn1cncn1)NC(=O)NCC(O)Cc1ccccc1. The highest BCUT2D eigenvalue weighted by Crippen LogP contribution is 2.02. The quantitative estimate of drug-likeness (QED) is 0.697. The molecule has 2 atom stereocenters. The van der Waals surface area contributed by atoms with Crippen molar-refractivity contribution in [1.82, 2.24) is 25.4 Å². The molecule has 0 fully saturated rings. The molecule has 1 aromatic carbocycles. The highest BCUT2D eigenvalue weighted by atomic mass is 16.3. The van der Waals surface area contributed by atoms with Crippen LogP contribution in [0.15, 0.2) is 43.0 Å². The molecule has 118 valence electrons. The molecule has 2 aromatic rings. The van der Waals surface area contributed by atoms with E-state index in [4.69, 9.17) is 0 Å². The van der Waals surface area contributed by atoms with Gasteiger partial charge in [0.15, 0.2) is 0 Å². The molecule has 7 heteroatoms. The molecule has 1 aromatic heterocycles. The Labute approximate surface area is 129 Å². The van der Waals surface area contributed by atoms with E-state index in [1.54, 1.807) is 11.0 Å². The van der Waals surface area contributed by atoms with Crippen LogP contribution >= 0.6 is 0 Å². The average molecular weight is 303 g/mol. The van der Waals surface area contributed by atoms with Crippen LogP contribution in [0.2, 0.25) is 0 Å². The van der Waals surface area contributed by atoms with Gasteiger partial charge < -0.3 is 15.7 Å². The monoisotopic (exact) mass is 303 g/mol. The molecule has 2 unspecified atom stereocenters. The third kappa shape index (κ3) is 5.53. The zero-order valence-corrected chi connectivity index (χ0v) is 12.5. The molecule has 3 N–H and O–H groups in total. The second-order valence-corrected chi connectivity index (χ2v) is 5.22. The van der Waals surface area contributed by atoms with Gasteiger partial charge in [0.2, 0.25) is 0 Å².